The molecule has 2 rings (SSSR count). The van der Waals surface area contributed by atoms with E-state index in [1.807, 2.05) is 30.3 Å². The third-order valence-electron chi connectivity index (χ3n) is 4.41. The standard InChI is InChI=1S/C16H26N4O/c1-19(2)14-9-6-10-20(11-14)12-16(18,15(17)21)13-7-4-3-5-8-13/h3-5,7-8,14H,6,9-12,18H2,1-2H3,(H2,17,21). The Kier molecular flexibility index (Phi) is 4.98. The van der Waals surface area contributed by atoms with E-state index in [2.05, 4.69) is 23.9 Å². The van der Waals surface area contributed by atoms with E-state index in [0.717, 1.165) is 25.1 Å². The van der Waals surface area contributed by atoms with Crippen molar-refractivity contribution in [3.8, 4) is 0 Å². The SMILES string of the molecule is CN(C)C1CCCN(CC(N)(C(N)=O)c2ccccc2)C1. The summed E-state index contributed by atoms with van der Waals surface area (Å²) in [5, 5.41) is 0. The molecule has 116 valence electrons. The summed E-state index contributed by atoms with van der Waals surface area (Å²) in [4.78, 5) is 16.5. The fourth-order valence-corrected chi connectivity index (χ4v) is 3.00. The monoisotopic (exact) mass is 290 g/mol. The molecule has 1 amide bonds. The third kappa shape index (κ3) is 3.61. The van der Waals surface area contributed by atoms with Crippen LogP contribution in [0.3, 0.4) is 0 Å². The number of amides is 1. The first kappa shape index (κ1) is 15.9. The van der Waals surface area contributed by atoms with Crippen LogP contribution in [0.1, 0.15) is 18.4 Å². The van der Waals surface area contributed by atoms with Crippen molar-refractivity contribution in [2.75, 3.05) is 33.7 Å². The highest BCUT2D eigenvalue weighted by Gasteiger charge is 2.37. The minimum Gasteiger partial charge on any atom is -0.368 e. The summed E-state index contributed by atoms with van der Waals surface area (Å²) in [6, 6.07) is 9.94. The van der Waals surface area contributed by atoms with Crippen LogP contribution in [0, 0.1) is 0 Å². The number of hydrogen-bond donors (Lipinski definition) is 2. The van der Waals surface area contributed by atoms with E-state index >= 15 is 0 Å². The lowest BCUT2D eigenvalue weighted by Gasteiger charge is -2.40. The van der Waals surface area contributed by atoms with Crippen LogP contribution < -0.4 is 11.5 Å². The number of rotatable bonds is 5. The van der Waals surface area contributed by atoms with Crippen molar-refractivity contribution in [3.63, 3.8) is 0 Å². The molecule has 0 radical (unpaired) electrons. The summed E-state index contributed by atoms with van der Waals surface area (Å²) >= 11 is 0. The van der Waals surface area contributed by atoms with E-state index in [4.69, 9.17) is 11.5 Å². The van der Waals surface area contributed by atoms with Crippen LogP contribution in [0.4, 0.5) is 0 Å². The molecule has 1 fully saturated rings. The molecule has 0 aliphatic carbocycles. The van der Waals surface area contributed by atoms with E-state index in [9.17, 15) is 4.79 Å². The van der Waals surface area contributed by atoms with Gasteiger partial charge in [-0.15, -0.1) is 0 Å². The van der Waals surface area contributed by atoms with Crippen LogP contribution in [0.15, 0.2) is 30.3 Å². The van der Waals surface area contributed by atoms with Crippen molar-refractivity contribution in [2.24, 2.45) is 11.5 Å². The lowest BCUT2D eigenvalue weighted by molar-refractivity contribution is -0.124. The summed E-state index contributed by atoms with van der Waals surface area (Å²) in [6.07, 6.45) is 2.30. The fourth-order valence-electron chi connectivity index (χ4n) is 3.00. The molecular formula is C16H26N4O. The molecule has 0 bridgehead atoms. The minimum absolute atomic E-state index is 0.469. The Morgan fingerprint density at radius 1 is 1.38 bits per heavy atom. The van der Waals surface area contributed by atoms with Gasteiger partial charge in [-0.2, -0.15) is 0 Å². The first-order valence-electron chi connectivity index (χ1n) is 7.46. The maximum atomic E-state index is 12.0. The summed E-state index contributed by atoms with van der Waals surface area (Å²) in [7, 11) is 4.18. The van der Waals surface area contributed by atoms with Gasteiger partial charge in [-0.3, -0.25) is 9.69 Å². The fraction of sp³-hybridized carbons (Fsp3) is 0.562. The highest BCUT2D eigenvalue weighted by atomic mass is 16.1. The number of piperidine rings is 1. The normalized spacial score (nSPS) is 23.0. The predicted octanol–water partition coefficient (Wildman–Crippen LogP) is 0.352. The zero-order chi connectivity index (χ0) is 15.5. The van der Waals surface area contributed by atoms with Gasteiger partial charge in [0.15, 0.2) is 0 Å². The second-order valence-electron chi connectivity index (χ2n) is 6.20. The van der Waals surface area contributed by atoms with E-state index in [-0.39, 0.29) is 0 Å². The second kappa shape index (κ2) is 6.56. The maximum Gasteiger partial charge on any atom is 0.243 e. The molecule has 1 aliphatic heterocycles. The first-order chi connectivity index (χ1) is 9.93. The van der Waals surface area contributed by atoms with Crippen molar-refractivity contribution in [2.45, 2.75) is 24.4 Å². The molecule has 0 saturated carbocycles. The van der Waals surface area contributed by atoms with Crippen LogP contribution in [0.25, 0.3) is 0 Å². The number of carbonyl (C=O) groups is 1. The van der Waals surface area contributed by atoms with Gasteiger partial charge in [0.05, 0.1) is 0 Å². The van der Waals surface area contributed by atoms with Gasteiger partial charge in [-0.1, -0.05) is 30.3 Å². The quantitative estimate of drug-likeness (QED) is 0.820. The van der Waals surface area contributed by atoms with Crippen LogP contribution >= 0.6 is 0 Å². The van der Waals surface area contributed by atoms with Gasteiger partial charge in [0.2, 0.25) is 5.91 Å². The Morgan fingerprint density at radius 3 is 2.62 bits per heavy atom. The van der Waals surface area contributed by atoms with E-state index < -0.39 is 11.4 Å². The average molecular weight is 290 g/mol. The molecule has 1 heterocycles. The van der Waals surface area contributed by atoms with Crippen LogP contribution in [-0.4, -0.2) is 55.5 Å². The lowest BCUT2D eigenvalue weighted by atomic mass is 9.88. The number of likely N-dealkylation sites (tertiary alicyclic amines) is 1. The van der Waals surface area contributed by atoms with Gasteiger partial charge >= 0.3 is 0 Å². The zero-order valence-electron chi connectivity index (χ0n) is 13.0. The van der Waals surface area contributed by atoms with Gasteiger partial charge in [0.25, 0.3) is 0 Å². The van der Waals surface area contributed by atoms with Gasteiger partial charge in [0.1, 0.15) is 5.54 Å². The molecule has 4 N–H and O–H groups in total. The van der Waals surface area contributed by atoms with Gasteiger partial charge in [-0.05, 0) is 39.0 Å². The van der Waals surface area contributed by atoms with Crippen molar-refractivity contribution < 1.29 is 4.79 Å². The van der Waals surface area contributed by atoms with Gasteiger partial charge in [0, 0.05) is 19.1 Å². The van der Waals surface area contributed by atoms with Crippen LogP contribution in [0.2, 0.25) is 0 Å². The first-order valence-corrected chi connectivity index (χ1v) is 7.46. The van der Waals surface area contributed by atoms with Crippen LogP contribution in [-0.2, 0) is 10.3 Å². The molecule has 1 aromatic rings. The molecule has 1 saturated heterocycles. The van der Waals surface area contributed by atoms with E-state index in [1.54, 1.807) is 0 Å². The predicted molar refractivity (Wildman–Crippen MR) is 84.7 cm³/mol. The molecule has 1 aliphatic rings. The Bertz CT molecular complexity index is 476. The zero-order valence-corrected chi connectivity index (χ0v) is 13.0. The highest BCUT2D eigenvalue weighted by Crippen LogP contribution is 2.22. The molecule has 1 aromatic carbocycles. The number of nitrogens with zero attached hydrogens (tertiary/aromatic N) is 2. The van der Waals surface area contributed by atoms with Crippen LogP contribution in [0.5, 0.6) is 0 Å². The van der Waals surface area contributed by atoms with Gasteiger partial charge < -0.3 is 16.4 Å². The Labute approximate surface area is 126 Å². The number of likely N-dealkylation sites (N-methyl/N-ethyl adjacent to an activating group) is 1. The smallest absolute Gasteiger partial charge is 0.243 e. The number of primary amides is 1. The minimum atomic E-state index is -1.13. The number of nitrogens with two attached hydrogens (primary N) is 2. The summed E-state index contributed by atoms with van der Waals surface area (Å²) < 4.78 is 0. The number of hydrogen-bond acceptors (Lipinski definition) is 4. The average Bonchev–Trinajstić information content (AvgIpc) is 2.48. The summed E-state index contributed by atoms with van der Waals surface area (Å²) in [5.74, 6) is -0.472. The Morgan fingerprint density at radius 2 is 2.05 bits per heavy atom. The topological polar surface area (TPSA) is 75.6 Å². The summed E-state index contributed by atoms with van der Waals surface area (Å²) in [5.41, 5.74) is 11.7. The van der Waals surface area contributed by atoms with E-state index in [1.165, 1.54) is 6.42 Å². The van der Waals surface area contributed by atoms with Gasteiger partial charge in [-0.25, -0.2) is 0 Å². The largest absolute Gasteiger partial charge is 0.368 e. The van der Waals surface area contributed by atoms with Crippen molar-refractivity contribution in [1.82, 2.24) is 9.80 Å². The molecule has 5 heteroatoms. The molecule has 0 spiro atoms. The van der Waals surface area contributed by atoms with Crippen molar-refractivity contribution >= 4 is 5.91 Å². The Balaban J connectivity index is 2.15. The number of benzene rings is 1. The molecule has 21 heavy (non-hydrogen) atoms. The van der Waals surface area contributed by atoms with E-state index in [0.29, 0.717) is 12.6 Å². The molecule has 2 unspecified atom stereocenters. The summed E-state index contributed by atoms with van der Waals surface area (Å²) in [6.45, 7) is 2.35. The third-order valence-corrected chi connectivity index (χ3v) is 4.41. The molecule has 2 atom stereocenters. The Hall–Kier alpha value is -1.43. The lowest BCUT2D eigenvalue weighted by Crippen LogP contribution is -2.58. The maximum absolute atomic E-state index is 12.0. The molecule has 0 aromatic heterocycles. The number of carbonyl (C=O) groups excluding carboxylic acids is 1. The van der Waals surface area contributed by atoms with Crippen molar-refractivity contribution in [3.05, 3.63) is 35.9 Å². The second-order valence-corrected chi connectivity index (χ2v) is 6.20. The highest BCUT2D eigenvalue weighted by molar-refractivity contribution is 5.86. The van der Waals surface area contributed by atoms with Crippen molar-refractivity contribution in [1.29, 1.82) is 0 Å². The molecular weight excluding hydrogens is 264 g/mol. The molecule has 5 nitrogen and oxygen atoms in total.